The first-order valence-electron chi connectivity index (χ1n) is 11.8. The molecule has 0 spiro atoms. The first-order chi connectivity index (χ1) is 15.8. The molecule has 182 valence electrons. The third kappa shape index (κ3) is 6.80. The van der Waals surface area contributed by atoms with E-state index in [-0.39, 0.29) is 11.3 Å². The van der Waals surface area contributed by atoms with Crippen molar-refractivity contribution < 1.29 is 29.2 Å². The molecule has 0 bridgehead atoms. The summed E-state index contributed by atoms with van der Waals surface area (Å²) >= 11 is 0. The van der Waals surface area contributed by atoms with Gasteiger partial charge in [-0.05, 0) is 49.3 Å². The van der Waals surface area contributed by atoms with Crippen LogP contribution in [0.15, 0.2) is 24.3 Å². The smallest absolute Gasteiger partial charge is 0.339 e. The maximum absolute atomic E-state index is 11.3. The van der Waals surface area contributed by atoms with E-state index in [0.29, 0.717) is 30.3 Å². The second-order valence-corrected chi connectivity index (χ2v) is 8.54. The van der Waals surface area contributed by atoms with Crippen LogP contribution in [0.1, 0.15) is 85.8 Å². The van der Waals surface area contributed by atoms with Crippen molar-refractivity contribution in [2.24, 2.45) is 0 Å². The van der Waals surface area contributed by atoms with Gasteiger partial charge in [0, 0.05) is 11.1 Å². The fourth-order valence-corrected chi connectivity index (χ4v) is 4.07. The summed E-state index contributed by atoms with van der Waals surface area (Å²) in [6.07, 6.45) is 6.29. The Morgan fingerprint density at radius 3 is 2.24 bits per heavy atom. The van der Waals surface area contributed by atoms with Crippen LogP contribution in [0.25, 0.3) is 0 Å². The number of hydrogen-bond donors (Lipinski definition) is 2. The predicted molar refractivity (Wildman–Crippen MR) is 130 cm³/mol. The Hall–Kier alpha value is -2.89. The molecule has 2 rings (SSSR count). The number of carbonyl (C=O) groups is 1. The van der Waals surface area contributed by atoms with Crippen molar-refractivity contribution in [2.75, 3.05) is 20.8 Å². The Morgan fingerprint density at radius 2 is 1.64 bits per heavy atom. The maximum atomic E-state index is 11.3. The number of carboxylic acids is 1. The highest BCUT2D eigenvalue weighted by Crippen LogP contribution is 2.39. The SMILES string of the molecule is CCCc1c(OCCCCCCc2ccc(C(C)C)c(OC)c2OC)ccc(C(=O)O)c1O. The topological polar surface area (TPSA) is 85.2 Å². The van der Waals surface area contributed by atoms with Crippen molar-refractivity contribution in [1.29, 1.82) is 0 Å². The van der Waals surface area contributed by atoms with Crippen LogP contribution in [0, 0.1) is 0 Å². The van der Waals surface area contributed by atoms with Gasteiger partial charge in [0.05, 0.1) is 20.8 Å². The van der Waals surface area contributed by atoms with Gasteiger partial charge in [-0.15, -0.1) is 0 Å². The molecule has 0 radical (unpaired) electrons. The van der Waals surface area contributed by atoms with Crippen LogP contribution >= 0.6 is 0 Å². The summed E-state index contributed by atoms with van der Waals surface area (Å²) < 4.78 is 17.2. The van der Waals surface area contributed by atoms with Crippen LogP contribution in [0.4, 0.5) is 0 Å². The van der Waals surface area contributed by atoms with Crippen LogP contribution < -0.4 is 14.2 Å². The van der Waals surface area contributed by atoms with Gasteiger partial charge in [-0.2, -0.15) is 0 Å². The molecule has 33 heavy (non-hydrogen) atoms. The van der Waals surface area contributed by atoms with Crippen molar-refractivity contribution in [2.45, 2.75) is 71.6 Å². The Bertz CT molecular complexity index is 919. The highest BCUT2D eigenvalue weighted by atomic mass is 16.5. The van der Waals surface area contributed by atoms with Crippen molar-refractivity contribution >= 4 is 5.97 Å². The zero-order chi connectivity index (χ0) is 24.4. The van der Waals surface area contributed by atoms with Crippen LogP contribution in [-0.2, 0) is 12.8 Å². The summed E-state index contributed by atoms with van der Waals surface area (Å²) in [4.78, 5) is 11.3. The Balaban J connectivity index is 1.85. The van der Waals surface area contributed by atoms with Crippen molar-refractivity contribution in [1.82, 2.24) is 0 Å². The molecule has 0 saturated heterocycles. The van der Waals surface area contributed by atoms with Gasteiger partial charge >= 0.3 is 5.97 Å². The normalized spacial score (nSPS) is 11.0. The molecule has 0 fully saturated rings. The number of ether oxygens (including phenoxy) is 3. The first-order valence-corrected chi connectivity index (χ1v) is 11.8. The van der Waals surface area contributed by atoms with E-state index in [4.69, 9.17) is 14.2 Å². The first kappa shape index (κ1) is 26.4. The van der Waals surface area contributed by atoms with Crippen LogP contribution in [0.2, 0.25) is 0 Å². The number of hydrogen-bond acceptors (Lipinski definition) is 5. The number of benzene rings is 2. The molecule has 2 aromatic carbocycles. The average molecular weight is 459 g/mol. The van der Waals surface area contributed by atoms with Gasteiger partial charge in [-0.25, -0.2) is 4.79 Å². The van der Waals surface area contributed by atoms with E-state index < -0.39 is 5.97 Å². The fraction of sp³-hybridized carbons (Fsp3) is 0.519. The third-order valence-corrected chi connectivity index (χ3v) is 5.82. The summed E-state index contributed by atoms with van der Waals surface area (Å²) in [5.74, 6) is 1.28. The quantitative estimate of drug-likeness (QED) is 0.320. The fourth-order valence-electron chi connectivity index (χ4n) is 4.07. The van der Waals surface area contributed by atoms with Gasteiger partial charge in [0.2, 0.25) is 0 Å². The van der Waals surface area contributed by atoms with E-state index in [1.807, 2.05) is 6.92 Å². The lowest BCUT2D eigenvalue weighted by atomic mass is 9.97. The molecule has 6 nitrogen and oxygen atoms in total. The average Bonchev–Trinajstić information content (AvgIpc) is 2.79. The molecule has 6 heteroatoms. The lowest BCUT2D eigenvalue weighted by molar-refractivity contribution is 0.0693. The standard InChI is InChI=1S/C27H38O6/c1-6-11-21-23(16-15-22(24(21)28)27(29)30)33-17-10-8-7-9-12-19-13-14-20(18(2)3)26(32-5)25(19)31-4/h13-16,18,28H,6-12,17H2,1-5H3,(H,29,30). The zero-order valence-corrected chi connectivity index (χ0v) is 20.6. The molecule has 0 saturated carbocycles. The Kier molecular flexibility index (Phi) is 10.4. The molecule has 0 heterocycles. The number of aromatic carboxylic acids is 1. The van der Waals surface area contributed by atoms with Gasteiger partial charge in [0.1, 0.15) is 17.1 Å². The lowest BCUT2D eigenvalue weighted by Gasteiger charge is -2.18. The molecule has 0 atom stereocenters. The summed E-state index contributed by atoms with van der Waals surface area (Å²) in [6, 6.07) is 7.32. The van der Waals surface area contributed by atoms with Gasteiger partial charge in [-0.3, -0.25) is 0 Å². The van der Waals surface area contributed by atoms with Crippen molar-refractivity contribution in [3.63, 3.8) is 0 Å². The minimum absolute atomic E-state index is 0.0840. The van der Waals surface area contributed by atoms with Crippen LogP contribution in [-0.4, -0.2) is 37.0 Å². The van der Waals surface area contributed by atoms with E-state index in [1.54, 1.807) is 20.3 Å². The van der Waals surface area contributed by atoms with E-state index in [0.717, 1.165) is 61.2 Å². The van der Waals surface area contributed by atoms with Crippen molar-refractivity contribution in [3.8, 4) is 23.0 Å². The van der Waals surface area contributed by atoms with Crippen LogP contribution in [0.3, 0.4) is 0 Å². The summed E-state index contributed by atoms with van der Waals surface area (Å²) in [6.45, 7) is 6.80. The molecule has 2 aromatic rings. The highest BCUT2D eigenvalue weighted by molar-refractivity contribution is 5.91. The molecule has 0 aliphatic carbocycles. The van der Waals surface area contributed by atoms with E-state index in [1.165, 1.54) is 6.07 Å². The van der Waals surface area contributed by atoms with Gasteiger partial charge in [0.15, 0.2) is 11.5 Å². The minimum atomic E-state index is -1.13. The Morgan fingerprint density at radius 1 is 0.939 bits per heavy atom. The number of methoxy groups -OCH3 is 2. The molecular formula is C27H38O6. The second-order valence-electron chi connectivity index (χ2n) is 8.54. The minimum Gasteiger partial charge on any atom is -0.507 e. The maximum Gasteiger partial charge on any atom is 0.339 e. The molecule has 0 unspecified atom stereocenters. The predicted octanol–water partition coefficient (Wildman–Crippen LogP) is 6.37. The van der Waals surface area contributed by atoms with E-state index >= 15 is 0 Å². The van der Waals surface area contributed by atoms with Gasteiger partial charge in [0.25, 0.3) is 0 Å². The number of aryl methyl sites for hydroxylation is 1. The van der Waals surface area contributed by atoms with E-state index in [9.17, 15) is 15.0 Å². The summed E-state index contributed by atoms with van der Waals surface area (Å²) in [5, 5.41) is 19.5. The molecule has 0 aliphatic rings. The van der Waals surface area contributed by atoms with Gasteiger partial charge in [-0.1, -0.05) is 52.2 Å². The highest BCUT2D eigenvalue weighted by Gasteiger charge is 2.18. The number of rotatable bonds is 14. The number of aromatic hydroxyl groups is 1. The second kappa shape index (κ2) is 13.0. The number of unbranched alkanes of at least 4 members (excludes halogenated alkanes) is 3. The van der Waals surface area contributed by atoms with Crippen LogP contribution in [0.5, 0.6) is 23.0 Å². The monoisotopic (exact) mass is 458 g/mol. The number of phenols is 1. The summed E-state index contributed by atoms with van der Waals surface area (Å²) in [5.41, 5.74) is 2.80. The molecule has 0 aliphatic heterocycles. The molecular weight excluding hydrogens is 420 g/mol. The third-order valence-electron chi connectivity index (χ3n) is 5.82. The molecule has 2 N–H and O–H groups in total. The Labute approximate surface area is 197 Å². The molecule has 0 amide bonds. The largest absolute Gasteiger partial charge is 0.507 e. The van der Waals surface area contributed by atoms with E-state index in [2.05, 4.69) is 26.0 Å². The van der Waals surface area contributed by atoms with Crippen molar-refractivity contribution in [3.05, 3.63) is 46.5 Å². The zero-order valence-electron chi connectivity index (χ0n) is 20.6. The number of carboxylic acid groups (broad SMARTS) is 1. The lowest BCUT2D eigenvalue weighted by Crippen LogP contribution is -2.04. The van der Waals surface area contributed by atoms with Gasteiger partial charge < -0.3 is 24.4 Å². The molecule has 0 aromatic heterocycles. The summed E-state index contributed by atoms with van der Waals surface area (Å²) in [7, 11) is 3.38.